The number of carbonyl (C=O) groups is 1. The topological polar surface area (TPSA) is 68.0 Å². The lowest BCUT2D eigenvalue weighted by Gasteiger charge is -2.05. The summed E-state index contributed by atoms with van der Waals surface area (Å²) >= 11 is 1.38. The van der Waals surface area contributed by atoms with Crippen molar-refractivity contribution in [2.45, 2.75) is 6.92 Å². The first-order chi connectivity index (χ1) is 13.1. The number of benzene rings is 2. The van der Waals surface area contributed by atoms with Crippen LogP contribution in [0.2, 0.25) is 0 Å². The fourth-order valence-corrected chi connectivity index (χ4v) is 3.27. The van der Waals surface area contributed by atoms with Crippen LogP contribution >= 0.6 is 11.3 Å². The van der Waals surface area contributed by atoms with E-state index in [-0.39, 0.29) is 11.7 Å². The van der Waals surface area contributed by atoms with Crippen molar-refractivity contribution in [3.8, 4) is 22.2 Å². The molecule has 2 heterocycles. The third-order valence-electron chi connectivity index (χ3n) is 3.95. The standard InChI is InChI=1S/C20H14FN3O2S/c1-12-2-4-14(5-3-12)19(25)22-16-10-11-27-17(16)20-23-18(24-26-20)13-6-8-15(21)9-7-13/h2-11H,1H3,(H,22,25). The second-order valence-corrected chi connectivity index (χ2v) is 6.83. The van der Waals surface area contributed by atoms with Crippen LogP contribution < -0.4 is 5.32 Å². The van der Waals surface area contributed by atoms with Crippen LogP contribution in [0.1, 0.15) is 15.9 Å². The highest BCUT2D eigenvalue weighted by Crippen LogP contribution is 2.34. The van der Waals surface area contributed by atoms with Crippen LogP contribution in [0.3, 0.4) is 0 Å². The SMILES string of the molecule is Cc1ccc(C(=O)Nc2ccsc2-c2nc(-c3ccc(F)cc3)no2)cc1. The zero-order chi connectivity index (χ0) is 18.8. The molecule has 0 unspecified atom stereocenters. The molecule has 0 aliphatic rings. The Hall–Kier alpha value is -3.32. The summed E-state index contributed by atoms with van der Waals surface area (Å²) in [5, 5.41) is 8.66. The number of amides is 1. The van der Waals surface area contributed by atoms with E-state index in [1.165, 1.54) is 23.5 Å². The quantitative estimate of drug-likeness (QED) is 0.531. The molecule has 0 radical (unpaired) electrons. The first kappa shape index (κ1) is 17.1. The average Bonchev–Trinajstić information content (AvgIpc) is 3.32. The van der Waals surface area contributed by atoms with Gasteiger partial charge in [-0.15, -0.1) is 11.3 Å². The molecule has 2 aromatic carbocycles. The zero-order valence-corrected chi connectivity index (χ0v) is 15.1. The van der Waals surface area contributed by atoms with E-state index in [2.05, 4.69) is 15.5 Å². The van der Waals surface area contributed by atoms with Gasteiger partial charge in [0.25, 0.3) is 11.8 Å². The van der Waals surface area contributed by atoms with Gasteiger partial charge < -0.3 is 9.84 Å². The number of hydrogen-bond donors (Lipinski definition) is 1. The first-order valence-electron chi connectivity index (χ1n) is 8.16. The number of carbonyl (C=O) groups excluding carboxylic acids is 1. The molecular formula is C20H14FN3O2S. The minimum absolute atomic E-state index is 0.215. The van der Waals surface area contributed by atoms with Gasteiger partial charge in [-0.3, -0.25) is 4.79 Å². The maximum absolute atomic E-state index is 13.1. The summed E-state index contributed by atoms with van der Waals surface area (Å²) in [6.07, 6.45) is 0. The monoisotopic (exact) mass is 379 g/mol. The van der Waals surface area contributed by atoms with Gasteiger partial charge in [0.15, 0.2) is 0 Å². The number of hydrogen-bond acceptors (Lipinski definition) is 5. The van der Waals surface area contributed by atoms with Crippen LogP contribution in [0.25, 0.3) is 22.2 Å². The number of thiophene rings is 1. The summed E-state index contributed by atoms with van der Waals surface area (Å²) < 4.78 is 18.4. The highest BCUT2D eigenvalue weighted by molar-refractivity contribution is 7.14. The second-order valence-electron chi connectivity index (χ2n) is 5.91. The molecule has 0 fully saturated rings. The van der Waals surface area contributed by atoms with E-state index >= 15 is 0 Å². The van der Waals surface area contributed by atoms with Gasteiger partial charge in [0.1, 0.15) is 10.7 Å². The molecule has 0 bridgehead atoms. The van der Waals surface area contributed by atoms with E-state index < -0.39 is 0 Å². The molecule has 0 spiro atoms. The molecule has 1 N–H and O–H groups in total. The highest BCUT2D eigenvalue weighted by atomic mass is 32.1. The van der Waals surface area contributed by atoms with E-state index in [0.29, 0.717) is 33.4 Å². The van der Waals surface area contributed by atoms with Gasteiger partial charge in [0, 0.05) is 11.1 Å². The Morgan fingerprint density at radius 1 is 1.07 bits per heavy atom. The third kappa shape index (κ3) is 3.63. The first-order valence-corrected chi connectivity index (χ1v) is 9.03. The number of aromatic nitrogens is 2. The number of nitrogens with zero attached hydrogens (tertiary/aromatic N) is 2. The van der Waals surface area contributed by atoms with Crippen LogP contribution in [0.4, 0.5) is 10.1 Å². The van der Waals surface area contributed by atoms with Crippen LogP contribution in [-0.2, 0) is 0 Å². The molecular weight excluding hydrogens is 365 g/mol. The average molecular weight is 379 g/mol. The fourth-order valence-electron chi connectivity index (χ4n) is 2.50. The summed E-state index contributed by atoms with van der Waals surface area (Å²) in [6, 6.07) is 14.9. The minimum Gasteiger partial charge on any atom is -0.333 e. The van der Waals surface area contributed by atoms with Gasteiger partial charge in [0.2, 0.25) is 5.82 Å². The number of halogens is 1. The van der Waals surface area contributed by atoms with Crippen LogP contribution in [0.15, 0.2) is 64.5 Å². The normalized spacial score (nSPS) is 10.7. The molecule has 1 amide bonds. The molecule has 7 heteroatoms. The Balaban J connectivity index is 1.58. The molecule has 0 aliphatic heterocycles. The van der Waals surface area contributed by atoms with Crippen molar-refractivity contribution in [1.82, 2.24) is 10.1 Å². The van der Waals surface area contributed by atoms with Crippen molar-refractivity contribution in [3.63, 3.8) is 0 Å². The summed E-state index contributed by atoms with van der Waals surface area (Å²) in [5.74, 6) is 0.104. The number of aryl methyl sites for hydroxylation is 1. The van der Waals surface area contributed by atoms with Crippen molar-refractivity contribution in [1.29, 1.82) is 0 Å². The largest absolute Gasteiger partial charge is 0.333 e. The van der Waals surface area contributed by atoms with E-state index in [0.717, 1.165) is 5.56 Å². The van der Waals surface area contributed by atoms with Gasteiger partial charge >= 0.3 is 0 Å². The molecule has 0 saturated carbocycles. The Morgan fingerprint density at radius 2 is 1.81 bits per heavy atom. The molecule has 0 aliphatic carbocycles. The smallest absolute Gasteiger partial charge is 0.270 e. The third-order valence-corrected chi connectivity index (χ3v) is 4.85. The molecule has 0 saturated heterocycles. The summed E-state index contributed by atoms with van der Waals surface area (Å²) in [4.78, 5) is 17.5. The van der Waals surface area contributed by atoms with Crippen LogP contribution in [0.5, 0.6) is 0 Å². The van der Waals surface area contributed by atoms with Crippen molar-refractivity contribution in [2.75, 3.05) is 5.32 Å². The van der Waals surface area contributed by atoms with Gasteiger partial charge in [-0.25, -0.2) is 4.39 Å². The number of rotatable bonds is 4. The van der Waals surface area contributed by atoms with E-state index in [1.54, 1.807) is 30.3 Å². The van der Waals surface area contributed by atoms with Gasteiger partial charge in [-0.1, -0.05) is 22.9 Å². The zero-order valence-electron chi connectivity index (χ0n) is 14.3. The van der Waals surface area contributed by atoms with Gasteiger partial charge in [0.05, 0.1) is 5.69 Å². The second kappa shape index (κ2) is 7.13. The van der Waals surface area contributed by atoms with Crippen LogP contribution in [-0.4, -0.2) is 16.0 Å². The molecule has 2 aromatic heterocycles. The van der Waals surface area contributed by atoms with E-state index in [4.69, 9.17) is 4.52 Å². The molecule has 4 aromatic rings. The maximum atomic E-state index is 13.1. The van der Waals surface area contributed by atoms with Gasteiger partial charge in [-0.05, 0) is 54.8 Å². The highest BCUT2D eigenvalue weighted by Gasteiger charge is 2.17. The van der Waals surface area contributed by atoms with Crippen molar-refractivity contribution in [3.05, 3.63) is 76.9 Å². The maximum Gasteiger partial charge on any atom is 0.270 e. The summed E-state index contributed by atoms with van der Waals surface area (Å²) in [5.41, 5.74) is 2.89. The Kier molecular flexibility index (Phi) is 4.52. The predicted octanol–water partition coefficient (Wildman–Crippen LogP) is 5.16. The Labute approximate surface area is 158 Å². The summed E-state index contributed by atoms with van der Waals surface area (Å²) in [7, 11) is 0. The number of anilines is 1. The molecule has 134 valence electrons. The van der Waals surface area contributed by atoms with Gasteiger partial charge in [-0.2, -0.15) is 4.98 Å². The lowest BCUT2D eigenvalue weighted by atomic mass is 10.1. The van der Waals surface area contributed by atoms with E-state index in [1.807, 2.05) is 24.4 Å². The van der Waals surface area contributed by atoms with Crippen molar-refractivity contribution in [2.24, 2.45) is 0 Å². The lowest BCUT2D eigenvalue weighted by Crippen LogP contribution is -2.11. The molecule has 5 nitrogen and oxygen atoms in total. The molecule has 4 rings (SSSR count). The molecule has 0 atom stereocenters. The Bertz CT molecular complexity index is 1090. The van der Waals surface area contributed by atoms with Crippen molar-refractivity contribution < 1.29 is 13.7 Å². The summed E-state index contributed by atoms with van der Waals surface area (Å²) in [6.45, 7) is 1.97. The van der Waals surface area contributed by atoms with Crippen molar-refractivity contribution >= 4 is 22.9 Å². The minimum atomic E-state index is -0.332. The fraction of sp³-hybridized carbons (Fsp3) is 0.0500. The predicted molar refractivity (Wildman–Crippen MR) is 102 cm³/mol. The van der Waals surface area contributed by atoms with Crippen LogP contribution in [0, 0.1) is 12.7 Å². The Morgan fingerprint density at radius 3 is 2.56 bits per heavy atom. The lowest BCUT2D eigenvalue weighted by molar-refractivity contribution is 0.102. The number of nitrogens with one attached hydrogen (secondary N) is 1. The molecule has 27 heavy (non-hydrogen) atoms. The van der Waals surface area contributed by atoms with E-state index in [9.17, 15) is 9.18 Å².